The summed E-state index contributed by atoms with van der Waals surface area (Å²) in [6, 6.07) is 0. The molecule has 0 heterocycles. The van der Waals surface area contributed by atoms with E-state index in [0.29, 0.717) is 12.8 Å². The molecule has 0 aromatic rings. The van der Waals surface area contributed by atoms with Crippen molar-refractivity contribution in [2.45, 2.75) is 277 Å². The molecule has 1 unspecified atom stereocenters. The van der Waals surface area contributed by atoms with E-state index in [0.717, 1.165) is 38.5 Å². The maximum Gasteiger partial charge on any atom is 0.306 e. The van der Waals surface area contributed by atoms with Gasteiger partial charge >= 0.3 is 11.9 Å². The Morgan fingerprint density at radius 2 is 0.685 bits per heavy atom. The molecule has 0 saturated carbocycles. The summed E-state index contributed by atoms with van der Waals surface area (Å²) in [6.45, 7) is 4.07. The highest BCUT2D eigenvalue weighted by atomic mass is 16.6. The fourth-order valence-electron chi connectivity index (χ4n) is 7.38. The molecule has 0 radical (unpaired) electrons. The highest BCUT2D eigenvalue weighted by molar-refractivity contribution is 5.70. The van der Waals surface area contributed by atoms with E-state index in [1.54, 1.807) is 0 Å². The van der Waals surface area contributed by atoms with Gasteiger partial charge in [0.2, 0.25) is 0 Å². The first-order valence-electron chi connectivity index (χ1n) is 24.2. The summed E-state index contributed by atoms with van der Waals surface area (Å²) >= 11 is 0. The molecule has 0 fully saturated rings. The predicted molar refractivity (Wildman–Crippen MR) is 233 cm³/mol. The van der Waals surface area contributed by atoms with Crippen molar-refractivity contribution in [1.29, 1.82) is 0 Å². The maximum atomic E-state index is 12.1. The molecular weight excluding hydrogens is 669 g/mol. The van der Waals surface area contributed by atoms with Crippen LogP contribution in [-0.4, -0.2) is 36.4 Å². The number of esters is 2. The number of aliphatic hydroxyl groups excluding tert-OH is 1. The molecule has 54 heavy (non-hydrogen) atoms. The fourth-order valence-corrected chi connectivity index (χ4v) is 7.38. The van der Waals surface area contributed by atoms with Gasteiger partial charge in [-0.05, 0) is 38.5 Å². The van der Waals surface area contributed by atoms with E-state index < -0.39 is 6.10 Å². The molecule has 1 atom stereocenters. The van der Waals surface area contributed by atoms with E-state index >= 15 is 0 Å². The second-order valence-corrected chi connectivity index (χ2v) is 16.5. The van der Waals surface area contributed by atoms with Crippen molar-refractivity contribution in [3.63, 3.8) is 0 Å². The zero-order valence-electron chi connectivity index (χ0n) is 36.5. The average molecular weight is 763 g/mol. The van der Waals surface area contributed by atoms with Crippen molar-refractivity contribution in [3.8, 4) is 0 Å². The third kappa shape index (κ3) is 43.4. The Morgan fingerprint density at radius 3 is 1.00 bits per heavy atom. The van der Waals surface area contributed by atoms with Crippen LogP contribution in [0.15, 0.2) is 12.2 Å². The van der Waals surface area contributed by atoms with Gasteiger partial charge in [-0.25, -0.2) is 0 Å². The number of unbranched alkanes of at least 4 members (excludes halogenated alkanes) is 35. The second kappa shape index (κ2) is 46.0. The molecule has 1 N–H and O–H groups in total. The van der Waals surface area contributed by atoms with Crippen LogP contribution in [0.2, 0.25) is 0 Å². The van der Waals surface area contributed by atoms with Gasteiger partial charge in [-0.3, -0.25) is 9.59 Å². The Bertz CT molecular complexity index is 780. The van der Waals surface area contributed by atoms with E-state index in [2.05, 4.69) is 26.0 Å². The summed E-state index contributed by atoms with van der Waals surface area (Å²) in [5.74, 6) is -0.592. The summed E-state index contributed by atoms with van der Waals surface area (Å²) < 4.78 is 10.5. The fraction of sp³-hybridized carbons (Fsp3) is 0.918. The number of rotatable bonds is 45. The van der Waals surface area contributed by atoms with Crippen molar-refractivity contribution < 1.29 is 24.2 Å². The SMILES string of the molecule is CCCCCCCCCC/C=C\CCCCCCCCCCCCCCCCCCCCCCCCCC(=O)OC(CO)COC(=O)CCCCCCC. The maximum absolute atomic E-state index is 12.1. The molecule has 0 aromatic carbocycles. The summed E-state index contributed by atoms with van der Waals surface area (Å²) in [5, 5.41) is 9.49. The van der Waals surface area contributed by atoms with E-state index in [-0.39, 0.29) is 25.2 Å². The number of hydrogen-bond acceptors (Lipinski definition) is 5. The van der Waals surface area contributed by atoms with Crippen molar-refractivity contribution in [1.82, 2.24) is 0 Å². The lowest BCUT2D eigenvalue weighted by molar-refractivity contribution is -0.161. The second-order valence-electron chi connectivity index (χ2n) is 16.5. The predicted octanol–water partition coefficient (Wildman–Crippen LogP) is 15.6. The Hall–Kier alpha value is -1.36. The third-order valence-corrected chi connectivity index (χ3v) is 11.1. The minimum atomic E-state index is -0.761. The molecule has 5 heteroatoms. The lowest BCUT2D eigenvalue weighted by Crippen LogP contribution is -2.28. The lowest BCUT2D eigenvalue weighted by atomic mass is 10.0. The van der Waals surface area contributed by atoms with Crippen LogP contribution in [0.5, 0.6) is 0 Å². The first kappa shape index (κ1) is 52.6. The topological polar surface area (TPSA) is 72.8 Å². The first-order chi connectivity index (χ1) is 26.6. The van der Waals surface area contributed by atoms with Crippen molar-refractivity contribution >= 4 is 11.9 Å². The van der Waals surface area contributed by atoms with Gasteiger partial charge < -0.3 is 14.6 Å². The minimum Gasteiger partial charge on any atom is -0.462 e. The van der Waals surface area contributed by atoms with Crippen LogP contribution in [0.1, 0.15) is 271 Å². The Kier molecular flexibility index (Phi) is 44.9. The minimum absolute atomic E-state index is 0.0609. The molecule has 0 aliphatic carbocycles. The number of ether oxygens (including phenoxy) is 2. The average Bonchev–Trinajstić information content (AvgIpc) is 3.17. The van der Waals surface area contributed by atoms with Gasteiger partial charge in [0.15, 0.2) is 6.10 Å². The van der Waals surface area contributed by atoms with Gasteiger partial charge in [-0.15, -0.1) is 0 Å². The van der Waals surface area contributed by atoms with Gasteiger partial charge in [0, 0.05) is 12.8 Å². The first-order valence-corrected chi connectivity index (χ1v) is 24.2. The number of aliphatic hydroxyl groups is 1. The molecule has 0 aromatic heterocycles. The molecule has 0 saturated heterocycles. The highest BCUT2D eigenvalue weighted by Crippen LogP contribution is 2.17. The van der Waals surface area contributed by atoms with Crippen LogP contribution in [0.3, 0.4) is 0 Å². The van der Waals surface area contributed by atoms with Crippen molar-refractivity contribution in [2.24, 2.45) is 0 Å². The van der Waals surface area contributed by atoms with Gasteiger partial charge in [-0.1, -0.05) is 231 Å². The van der Waals surface area contributed by atoms with E-state index in [4.69, 9.17) is 9.47 Å². The Morgan fingerprint density at radius 1 is 0.407 bits per heavy atom. The molecule has 5 nitrogen and oxygen atoms in total. The van der Waals surface area contributed by atoms with Gasteiger partial charge in [0.05, 0.1) is 6.61 Å². The molecule has 0 aliphatic heterocycles. The molecule has 0 rings (SSSR count). The van der Waals surface area contributed by atoms with E-state index in [9.17, 15) is 14.7 Å². The van der Waals surface area contributed by atoms with Crippen LogP contribution in [-0.2, 0) is 19.1 Å². The zero-order chi connectivity index (χ0) is 39.3. The Labute approximate surface area is 337 Å². The van der Waals surface area contributed by atoms with Crippen LogP contribution < -0.4 is 0 Å². The molecule has 0 spiro atoms. The summed E-state index contributed by atoms with van der Waals surface area (Å²) in [7, 11) is 0. The Balaban J connectivity index is 3.30. The van der Waals surface area contributed by atoms with Crippen LogP contribution >= 0.6 is 0 Å². The molecular formula is C49H94O5. The highest BCUT2D eigenvalue weighted by Gasteiger charge is 2.16. The number of carbonyl (C=O) groups is 2. The van der Waals surface area contributed by atoms with Crippen LogP contribution in [0.25, 0.3) is 0 Å². The van der Waals surface area contributed by atoms with Crippen LogP contribution in [0.4, 0.5) is 0 Å². The van der Waals surface area contributed by atoms with Gasteiger partial charge in [-0.2, -0.15) is 0 Å². The lowest BCUT2D eigenvalue weighted by Gasteiger charge is -2.15. The van der Waals surface area contributed by atoms with Gasteiger partial charge in [0.1, 0.15) is 6.61 Å². The molecule has 0 amide bonds. The van der Waals surface area contributed by atoms with Gasteiger partial charge in [0.25, 0.3) is 0 Å². The third-order valence-electron chi connectivity index (χ3n) is 11.1. The summed E-state index contributed by atoms with van der Waals surface area (Å²) in [5.41, 5.74) is 0. The normalized spacial score (nSPS) is 12.1. The van der Waals surface area contributed by atoms with Crippen LogP contribution in [0, 0.1) is 0 Å². The van der Waals surface area contributed by atoms with E-state index in [1.807, 2.05) is 0 Å². The number of hydrogen-bond donors (Lipinski definition) is 1. The quantitative estimate of drug-likeness (QED) is 0.0380. The summed E-state index contributed by atoms with van der Waals surface area (Å²) in [4.78, 5) is 24.0. The molecule has 0 bridgehead atoms. The summed E-state index contributed by atoms with van der Waals surface area (Å²) in [6.07, 6.45) is 55.2. The van der Waals surface area contributed by atoms with E-state index in [1.165, 1.54) is 205 Å². The molecule has 0 aliphatic rings. The van der Waals surface area contributed by atoms with Crippen molar-refractivity contribution in [3.05, 3.63) is 12.2 Å². The number of allylic oxidation sites excluding steroid dienone is 2. The zero-order valence-corrected chi connectivity index (χ0v) is 36.5. The number of carbonyl (C=O) groups excluding carboxylic acids is 2. The molecule has 320 valence electrons. The smallest absolute Gasteiger partial charge is 0.306 e. The monoisotopic (exact) mass is 763 g/mol. The standard InChI is InChI=1S/C49H94O5/c1-3-5-7-9-10-11-12-13-14-15-16-17-18-19-20-21-22-23-24-25-26-27-28-29-30-31-32-33-34-35-36-37-38-40-42-44-49(52)54-47(45-50)46-53-48(51)43-41-39-8-6-4-2/h15-16,47,50H,3-14,17-46H2,1-2H3/b16-15-. The largest absolute Gasteiger partial charge is 0.462 e. The van der Waals surface area contributed by atoms with Crippen molar-refractivity contribution in [2.75, 3.05) is 13.2 Å².